The van der Waals surface area contributed by atoms with E-state index in [-0.39, 0.29) is 11.5 Å². The van der Waals surface area contributed by atoms with Gasteiger partial charge in [-0.05, 0) is 65.8 Å². The van der Waals surface area contributed by atoms with E-state index in [1.165, 1.54) is 12.1 Å². The van der Waals surface area contributed by atoms with E-state index in [0.29, 0.717) is 12.5 Å². The molecule has 0 aliphatic heterocycles. The molecule has 0 saturated carbocycles. The lowest BCUT2D eigenvalue weighted by molar-refractivity contribution is -0.274. The number of hydrogen-bond donors (Lipinski definition) is 1. The predicted octanol–water partition coefficient (Wildman–Crippen LogP) is 6.45. The standard InChI is InChI=1S/C25H27F3N2O2/c1-18(2)21-9-14-24(29-16-21)30(15-3-4-19-5-10-22(31)11-6-19)17-20-7-12-23(13-8-20)32-25(26,27)28/h5-14,16,18,31H,3-4,15,17H2,1-2H3. The van der Waals surface area contributed by atoms with Gasteiger partial charge in [0.05, 0.1) is 0 Å². The third kappa shape index (κ3) is 7.18. The molecule has 32 heavy (non-hydrogen) atoms. The Labute approximate surface area is 186 Å². The van der Waals surface area contributed by atoms with E-state index >= 15 is 0 Å². The summed E-state index contributed by atoms with van der Waals surface area (Å²) >= 11 is 0. The number of aromatic hydroxyl groups is 1. The van der Waals surface area contributed by atoms with Crippen molar-refractivity contribution in [3.63, 3.8) is 0 Å². The molecule has 7 heteroatoms. The smallest absolute Gasteiger partial charge is 0.508 e. The first-order valence-corrected chi connectivity index (χ1v) is 10.5. The number of benzene rings is 2. The monoisotopic (exact) mass is 444 g/mol. The Kier molecular flexibility index (Phi) is 7.62. The first-order valence-electron chi connectivity index (χ1n) is 10.5. The summed E-state index contributed by atoms with van der Waals surface area (Å²) in [5, 5.41) is 9.44. The molecule has 0 aliphatic carbocycles. The van der Waals surface area contributed by atoms with Crippen molar-refractivity contribution in [3.05, 3.63) is 83.6 Å². The summed E-state index contributed by atoms with van der Waals surface area (Å²) in [7, 11) is 0. The summed E-state index contributed by atoms with van der Waals surface area (Å²) in [6.07, 6.45) is -1.15. The Morgan fingerprint density at radius 1 is 0.938 bits per heavy atom. The largest absolute Gasteiger partial charge is 0.573 e. The van der Waals surface area contributed by atoms with Crippen LogP contribution in [0.15, 0.2) is 66.9 Å². The Bertz CT molecular complexity index is 970. The molecule has 2 aromatic carbocycles. The summed E-state index contributed by atoms with van der Waals surface area (Å²) in [6.45, 7) is 5.44. The van der Waals surface area contributed by atoms with Crippen LogP contribution < -0.4 is 9.64 Å². The molecular weight excluding hydrogens is 417 g/mol. The summed E-state index contributed by atoms with van der Waals surface area (Å²) < 4.78 is 41.2. The third-order valence-electron chi connectivity index (χ3n) is 5.12. The van der Waals surface area contributed by atoms with Crippen molar-refractivity contribution in [2.45, 2.75) is 45.5 Å². The zero-order chi connectivity index (χ0) is 23.1. The lowest BCUT2D eigenvalue weighted by Gasteiger charge is -2.24. The number of nitrogens with zero attached hydrogens (tertiary/aromatic N) is 2. The Morgan fingerprint density at radius 2 is 1.59 bits per heavy atom. The molecule has 3 rings (SSSR count). The fraction of sp³-hybridized carbons (Fsp3) is 0.320. The molecule has 170 valence electrons. The molecule has 0 bridgehead atoms. The highest BCUT2D eigenvalue weighted by Gasteiger charge is 2.31. The minimum atomic E-state index is -4.70. The van der Waals surface area contributed by atoms with Crippen LogP contribution in [0.3, 0.4) is 0 Å². The number of halogens is 3. The lowest BCUT2D eigenvalue weighted by Crippen LogP contribution is -2.25. The first kappa shape index (κ1) is 23.4. The van der Waals surface area contributed by atoms with Crippen LogP contribution >= 0.6 is 0 Å². The number of rotatable bonds is 9. The van der Waals surface area contributed by atoms with Crippen LogP contribution in [0.25, 0.3) is 0 Å². The first-order chi connectivity index (χ1) is 15.2. The zero-order valence-electron chi connectivity index (χ0n) is 18.1. The number of anilines is 1. The third-order valence-corrected chi connectivity index (χ3v) is 5.12. The average Bonchev–Trinajstić information content (AvgIpc) is 2.75. The summed E-state index contributed by atoms with van der Waals surface area (Å²) in [6, 6.07) is 17.1. The molecule has 1 heterocycles. The number of aryl methyl sites for hydroxylation is 1. The maximum absolute atomic E-state index is 12.4. The second-order valence-electron chi connectivity index (χ2n) is 7.99. The van der Waals surface area contributed by atoms with E-state index < -0.39 is 6.36 Å². The van der Waals surface area contributed by atoms with Gasteiger partial charge in [0.2, 0.25) is 0 Å². The lowest BCUT2D eigenvalue weighted by atomic mass is 10.1. The number of phenols is 1. The minimum Gasteiger partial charge on any atom is -0.508 e. The SMILES string of the molecule is CC(C)c1ccc(N(CCCc2ccc(O)cc2)Cc2ccc(OC(F)(F)F)cc2)nc1. The van der Waals surface area contributed by atoms with Gasteiger partial charge in [0.1, 0.15) is 17.3 Å². The summed E-state index contributed by atoms with van der Waals surface area (Å²) in [5.74, 6) is 1.19. The van der Waals surface area contributed by atoms with E-state index in [4.69, 9.17) is 0 Å². The van der Waals surface area contributed by atoms with Gasteiger partial charge in [0.15, 0.2) is 0 Å². The molecule has 0 saturated heterocycles. The number of ether oxygens (including phenoxy) is 1. The second-order valence-corrected chi connectivity index (χ2v) is 7.99. The number of pyridine rings is 1. The van der Waals surface area contributed by atoms with Crippen molar-refractivity contribution in [2.24, 2.45) is 0 Å². The van der Waals surface area contributed by atoms with E-state index in [9.17, 15) is 18.3 Å². The van der Waals surface area contributed by atoms with Gasteiger partial charge >= 0.3 is 6.36 Å². The van der Waals surface area contributed by atoms with Gasteiger partial charge in [-0.3, -0.25) is 0 Å². The number of hydrogen-bond acceptors (Lipinski definition) is 4. The Morgan fingerprint density at radius 3 is 2.16 bits per heavy atom. The Hall–Kier alpha value is -3.22. The summed E-state index contributed by atoms with van der Waals surface area (Å²) in [5.41, 5.74) is 3.13. The highest BCUT2D eigenvalue weighted by atomic mass is 19.4. The van der Waals surface area contributed by atoms with Crippen molar-refractivity contribution < 1.29 is 23.0 Å². The molecule has 0 amide bonds. The highest BCUT2D eigenvalue weighted by Crippen LogP contribution is 2.24. The van der Waals surface area contributed by atoms with E-state index in [1.807, 2.05) is 24.4 Å². The number of aromatic nitrogens is 1. The molecule has 0 aliphatic rings. The highest BCUT2D eigenvalue weighted by molar-refractivity contribution is 5.41. The molecule has 1 N–H and O–H groups in total. The molecule has 0 atom stereocenters. The van der Waals surface area contributed by atoms with Gasteiger partial charge in [-0.15, -0.1) is 13.2 Å². The molecule has 4 nitrogen and oxygen atoms in total. The molecular formula is C25H27F3N2O2. The second kappa shape index (κ2) is 10.4. The van der Waals surface area contributed by atoms with Gasteiger partial charge in [0.25, 0.3) is 0 Å². The number of phenolic OH excluding ortho intramolecular Hbond substituents is 1. The normalized spacial score (nSPS) is 11.6. The van der Waals surface area contributed by atoms with Crippen LogP contribution in [-0.2, 0) is 13.0 Å². The van der Waals surface area contributed by atoms with Gasteiger partial charge in [-0.25, -0.2) is 4.98 Å². The van der Waals surface area contributed by atoms with E-state index in [1.54, 1.807) is 24.3 Å². The maximum atomic E-state index is 12.4. The van der Waals surface area contributed by atoms with E-state index in [2.05, 4.69) is 34.5 Å². The van der Waals surface area contributed by atoms with Gasteiger partial charge in [0, 0.05) is 19.3 Å². The van der Waals surface area contributed by atoms with Crippen molar-refractivity contribution >= 4 is 5.82 Å². The van der Waals surface area contributed by atoms with Gasteiger partial charge < -0.3 is 14.7 Å². The van der Waals surface area contributed by atoms with E-state index in [0.717, 1.165) is 41.9 Å². The fourth-order valence-electron chi connectivity index (χ4n) is 3.35. The van der Waals surface area contributed by atoms with Crippen molar-refractivity contribution in [1.82, 2.24) is 4.98 Å². The molecule has 1 aromatic heterocycles. The minimum absolute atomic E-state index is 0.237. The van der Waals surface area contributed by atoms with Crippen molar-refractivity contribution in [2.75, 3.05) is 11.4 Å². The van der Waals surface area contributed by atoms with Crippen LogP contribution in [0.2, 0.25) is 0 Å². The molecule has 3 aromatic rings. The molecule has 0 spiro atoms. The van der Waals surface area contributed by atoms with Crippen LogP contribution in [0.1, 0.15) is 42.9 Å². The maximum Gasteiger partial charge on any atom is 0.573 e. The van der Waals surface area contributed by atoms with Crippen LogP contribution in [0.5, 0.6) is 11.5 Å². The zero-order valence-corrected chi connectivity index (χ0v) is 18.1. The van der Waals surface area contributed by atoms with Crippen LogP contribution in [0, 0.1) is 0 Å². The Balaban J connectivity index is 1.71. The average molecular weight is 444 g/mol. The van der Waals surface area contributed by atoms with Gasteiger partial charge in [-0.2, -0.15) is 0 Å². The van der Waals surface area contributed by atoms with Crippen LogP contribution in [-0.4, -0.2) is 23.0 Å². The molecule has 0 unspecified atom stereocenters. The quantitative estimate of drug-likeness (QED) is 0.412. The van der Waals surface area contributed by atoms with Crippen molar-refractivity contribution in [1.29, 1.82) is 0 Å². The van der Waals surface area contributed by atoms with Crippen molar-refractivity contribution in [3.8, 4) is 11.5 Å². The van der Waals surface area contributed by atoms with Gasteiger partial charge in [-0.1, -0.05) is 44.2 Å². The molecule has 0 radical (unpaired) electrons. The molecule has 0 fully saturated rings. The predicted molar refractivity (Wildman–Crippen MR) is 119 cm³/mol. The summed E-state index contributed by atoms with van der Waals surface area (Å²) in [4.78, 5) is 6.73. The number of alkyl halides is 3. The topological polar surface area (TPSA) is 45.6 Å². The fourth-order valence-corrected chi connectivity index (χ4v) is 3.35. The van der Waals surface area contributed by atoms with Crippen LogP contribution in [0.4, 0.5) is 19.0 Å².